The molecule has 10 atom stereocenters. The Balaban J connectivity index is 1.55. The number of carboxylic acid groups (broad SMARTS) is 1. The fraction of sp³-hybridized carbons (Fsp3) is 0.958. The van der Waals surface area contributed by atoms with Gasteiger partial charge in [-0.2, -0.15) is 0 Å². The lowest BCUT2D eigenvalue weighted by Crippen LogP contribution is -2.58. The summed E-state index contributed by atoms with van der Waals surface area (Å²) in [5.74, 6) is 2.36. The summed E-state index contributed by atoms with van der Waals surface area (Å²) in [6.07, 6.45) is 9.19. The molecule has 4 nitrogen and oxygen atoms in total. The van der Waals surface area contributed by atoms with E-state index in [0.717, 1.165) is 32.1 Å². The van der Waals surface area contributed by atoms with Crippen molar-refractivity contribution in [3.8, 4) is 0 Å². The molecule has 160 valence electrons. The van der Waals surface area contributed by atoms with Gasteiger partial charge in [0.2, 0.25) is 0 Å². The second-order valence-corrected chi connectivity index (χ2v) is 11.4. The molecular formula is C24H40O4. The lowest BCUT2D eigenvalue weighted by Gasteiger charge is -2.62. The van der Waals surface area contributed by atoms with Crippen LogP contribution in [0, 0.1) is 46.3 Å². The number of carboxylic acids is 1. The van der Waals surface area contributed by atoms with Crippen molar-refractivity contribution in [2.75, 3.05) is 0 Å². The molecular weight excluding hydrogens is 352 g/mol. The SMILES string of the molecule is CC(CCC(=O)O)[C@H]1CC[C@H]2[C@@H]3[C@H](O)C[C@@H]4C[C@H](O)CCC4(C)[C@H]3CCC12C. The van der Waals surface area contributed by atoms with Crippen molar-refractivity contribution in [3.05, 3.63) is 0 Å². The minimum absolute atomic E-state index is 0.179. The fourth-order valence-electron chi connectivity index (χ4n) is 8.73. The molecule has 4 fully saturated rings. The van der Waals surface area contributed by atoms with E-state index in [1.807, 2.05) is 0 Å². The Hall–Kier alpha value is -0.610. The van der Waals surface area contributed by atoms with E-state index in [1.54, 1.807) is 0 Å². The normalized spacial score (nSPS) is 51.7. The minimum atomic E-state index is -0.684. The highest BCUT2D eigenvalue weighted by molar-refractivity contribution is 5.66. The number of aliphatic hydroxyl groups is 2. The van der Waals surface area contributed by atoms with Gasteiger partial charge in [-0.15, -0.1) is 0 Å². The van der Waals surface area contributed by atoms with Crippen LogP contribution in [0.1, 0.15) is 85.0 Å². The first-order valence-electron chi connectivity index (χ1n) is 11.7. The molecule has 0 aromatic carbocycles. The van der Waals surface area contributed by atoms with Gasteiger partial charge in [-0.05, 0) is 104 Å². The summed E-state index contributed by atoms with van der Waals surface area (Å²) in [6, 6.07) is 0. The molecule has 0 aromatic heterocycles. The summed E-state index contributed by atoms with van der Waals surface area (Å²) in [5.41, 5.74) is 0.523. The molecule has 4 saturated carbocycles. The van der Waals surface area contributed by atoms with Gasteiger partial charge in [0.15, 0.2) is 0 Å². The van der Waals surface area contributed by atoms with Crippen LogP contribution in [0.25, 0.3) is 0 Å². The molecule has 4 rings (SSSR count). The zero-order chi connectivity index (χ0) is 20.3. The molecule has 0 saturated heterocycles. The Kier molecular flexibility index (Phi) is 5.36. The zero-order valence-electron chi connectivity index (χ0n) is 17.9. The standard InChI is InChI=1S/C24H40O4/c1-14(4-7-21(27)28)17-5-6-18-22-19(9-11-24(17,18)3)23(2)10-8-16(25)12-15(23)13-20(22)26/h14-20,22,25-26H,4-13H2,1-3H3,(H,27,28)/t14?,15-,16+,17+,18-,19-,20+,22-,23?,24?/m0/s1. The van der Waals surface area contributed by atoms with Crippen molar-refractivity contribution in [2.24, 2.45) is 46.3 Å². The van der Waals surface area contributed by atoms with Crippen LogP contribution in [0.2, 0.25) is 0 Å². The van der Waals surface area contributed by atoms with Gasteiger partial charge in [0.1, 0.15) is 0 Å². The van der Waals surface area contributed by atoms with Crippen molar-refractivity contribution in [1.82, 2.24) is 0 Å². The predicted octanol–water partition coefficient (Wildman–Crippen LogP) is 4.48. The first-order chi connectivity index (χ1) is 13.2. The third-order valence-corrected chi connectivity index (χ3v) is 10.2. The van der Waals surface area contributed by atoms with E-state index in [2.05, 4.69) is 20.8 Å². The van der Waals surface area contributed by atoms with Crippen LogP contribution in [0.3, 0.4) is 0 Å². The molecule has 4 aliphatic rings. The molecule has 3 N–H and O–H groups in total. The van der Waals surface area contributed by atoms with Gasteiger partial charge in [-0.25, -0.2) is 0 Å². The summed E-state index contributed by atoms with van der Waals surface area (Å²) in [7, 11) is 0. The summed E-state index contributed by atoms with van der Waals surface area (Å²) in [4.78, 5) is 11.1. The monoisotopic (exact) mass is 392 g/mol. The maximum atomic E-state index is 11.2. The van der Waals surface area contributed by atoms with E-state index in [4.69, 9.17) is 5.11 Å². The Labute approximate surface area is 170 Å². The molecule has 28 heavy (non-hydrogen) atoms. The maximum absolute atomic E-state index is 11.2. The molecule has 3 unspecified atom stereocenters. The van der Waals surface area contributed by atoms with Crippen molar-refractivity contribution >= 4 is 5.97 Å². The Morgan fingerprint density at radius 2 is 1.68 bits per heavy atom. The summed E-state index contributed by atoms with van der Waals surface area (Å²) in [5, 5.41) is 30.5. The molecule has 0 bridgehead atoms. The van der Waals surface area contributed by atoms with Gasteiger partial charge in [-0.1, -0.05) is 20.8 Å². The quantitative estimate of drug-likeness (QED) is 0.659. The molecule has 4 aliphatic carbocycles. The van der Waals surface area contributed by atoms with Gasteiger partial charge in [0, 0.05) is 6.42 Å². The fourth-order valence-corrected chi connectivity index (χ4v) is 8.73. The second-order valence-electron chi connectivity index (χ2n) is 11.4. The van der Waals surface area contributed by atoms with Crippen LogP contribution in [-0.4, -0.2) is 33.5 Å². The highest BCUT2D eigenvalue weighted by Crippen LogP contribution is 2.68. The van der Waals surface area contributed by atoms with E-state index in [9.17, 15) is 15.0 Å². The van der Waals surface area contributed by atoms with Crippen LogP contribution < -0.4 is 0 Å². The van der Waals surface area contributed by atoms with Gasteiger partial charge < -0.3 is 15.3 Å². The zero-order valence-corrected chi connectivity index (χ0v) is 17.9. The Morgan fingerprint density at radius 3 is 2.39 bits per heavy atom. The number of hydrogen-bond acceptors (Lipinski definition) is 3. The molecule has 0 aliphatic heterocycles. The molecule has 0 spiro atoms. The second kappa shape index (κ2) is 7.27. The number of carbonyl (C=O) groups is 1. The third-order valence-electron chi connectivity index (χ3n) is 10.2. The van der Waals surface area contributed by atoms with Gasteiger partial charge in [-0.3, -0.25) is 4.79 Å². The van der Waals surface area contributed by atoms with E-state index in [1.165, 1.54) is 25.7 Å². The van der Waals surface area contributed by atoms with E-state index < -0.39 is 5.97 Å². The van der Waals surface area contributed by atoms with Crippen molar-refractivity contribution in [3.63, 3.8) is 0 Å². The van der Waals surface area contributed by atoms with Crippen molar-refractivity contribution in [1.29, 1.82) is 0 Å². The lowest BCUT2D eigenvalue weighted by molar-refractivity contribution is -0.174. The van der Waals surface area contributed by atoms with Crippen LogP contribution in [0.5, 0.6) is 0 Å². The average molecular weight is 393 g/mol. The van der Waals surface area contributed by atoms with Crippen molar-refractivity contribution < 1.29 is 20.1 Å². The summed E-state index contributed by atoms with van der Waals surface area (Å²) < 4.78 is 0. The molecule has 0 amide bonds. The van der Waals surface area contributed by atoms with E-state index in [-0.39, 0.29) is 29.5 Å². The van der Waals surface area contributed by atoms with Crippen LogP contribution in [-0.2, 0) is 4.79 Å². The van der Waals surface area contributed by atoms with E-state index in [0.29, 0.717) is 35.5 Å². The average Bonchev–Trinajstić information content (AvgIpc) is 2.98. The summed E-state index contributed by atoms with van der Waals surface area (Å²) in [6.45, 7) is 7.16. The van der Waals surface area contributed by atoms with Gasteiger partial charge in [0.05, 0.1) is 12.2 Å². The van der Waals surface area contributed by atoms with Crippen LogP contribution >= 0.6 is 0 Å². The number of fused-ring (bicyclic) bond motifs is 5. The number of rotatable bonds is 4. The van der Waals surface area contributed by atoms with Gasteiger partial charge >= 0.3 is 5.97 Å². The van der Waals surface area contributed by atoms with Crippen molar-refractivity contribution in [2.45, 2.75) is 97.2 Å². The van der Waals surface area contributed by atoms with Gasteiger partial charge in [0.25, 0.3) is 0 Å². The first-order valence-corrected chi connectivity index (χ1v) is 11.7. The minimum Gasteiger partial charge on any atom is -0.481 e. The Morgan fingerprint density at radius 1 is 1.00 bits per heavy atom. The summed E-state index contributed by atoms with van der Waals surface area (Å²) >= 11 is 0. The third kappa shape index (κ3) is 3.14. The number of aliphatic carboxylic acids is 1. The highest BCUT2D eigenvalue weighted by Gasteiger charge is 2.62. The largest absolute Gasteiger partial charge is 0.481 e. The molecule has 0 heterocycles. The van der Waals surface area contributed by atoms with Crippen LogP contribution in [0.15, 0.2) is 0 Å². The molecule has 4 heteroatoms. The number of hydrogen-bond donors (Lipinski definition) is 3. The first kappa shape index (κ1) is 20.7. The Bertz CT molecular complexity index is 605. The maximum Gasteiger partial charge on any atom is 0.303 e. The predicted molar refractivity (Wildman–Crippen MR) is 109 cm³/mol. The number of aliphatic hydroxyl groups excluding tert-OH is 2. The lowest BCUT2D eigenvalue weighted by atomic mass is 9.43. The van der Waals surface area contributed by atoms with Crippen LogP contribution in [0.4, 0.5) is 0 Å². The highest BCUT2D eigenvalue weighted by atomic mass is 16.4. The molecule has 0 radical (unpaired) electrons. The smallest absolute Gasteiger partial charge is 0.303 e. The topological polar surface area (TPSA) is 77.8 Å². The molecule has 0 aromatic rings. The van der Waals surface area contributed by atoms with E-state index >= 15 is 0 Å².